The second-order valence-corrected chi connectivity index (χ2v) is 3.82. The molecule has 0 heterocycles. The molecule has 0 saturated heterocycles. The number of halogens is 1. The maximum Gasteiger partial charge on any atom is 0.00596 e. The average Bonchev–Trinajstić information content (AvgIpc) is 2.05. The molecular weight excluding hydrogens is 188 g/mol. The van der Waals surface area contributed by atoms with Gasteiger partial charge in [-0.25, -0.2) is 0 Å². The Labute approximate surface area is 71.8 Å². The van der Waals surface area contributed by atoms with Crippen LogP contribution >= 0.6 is 15.9 Å². The smallest absolute Gasteiger partial charge is 0.00596 e. The first kappa shape index (κ1) is 8.32. The molecule has 10 heavy (non-hydrogen) atoms. The van der Waals surface area contributed by atoms with Crippen molar-refractivity contribution < 1.29 is 0 Å². The van der Waals surface area contributed by atoms with Crippen LogP contribution in [-0.2, 0) is 0 Å². The van der Waals surface area contributed by atoms with E-state index in [4.69, 9.17) is 0 Å². The lowest BCUT2D eigenvalue weighted by Crippen LogP contribution is -2.13. The summed E-state index contributed by atoms with van der Waals surface area (Å²) in [4.78, 5) is 0. The summed E-state index contributed by atoms with van der Waals surface area (Å²) < 4.78 is 0. The van der Waals surface area contributed by atoms with Crippen molar-refractivity contribution in [2.24, 2.45) is 11.8 Å². The lowest BCUT2D eigenvalue weighted by Gasteiger charge is -2.24. The quantitative estimate of drug-likeness (QED) is 0.476. The van der Waals surface area contributed by atoms with Crippen molar-refractivity contribution in [1.29, 1.82) is 0 Å². The number of hydrogen-bond donors (Lipinski definition) is 0. The maximum absolute atomic E-state index is 3.82. The first-order chi connectivity index (χ1) is 4.86. The largest absolute Gasteiger partial charge is 0.103 e. The molecule has 1 fully saturated rings. The summed E-state index contributed by atoms with van der Waals surface area (Å²) >= 11 is 3.53. The topological polar surface area (TPSA) is 0 Å². The Hall–Kier alpha value is 0.220. The summed E-state index contributed by atoms with van der Waals surface area (Å²) in [5.74, 6) is 1.76. The van der Waals surface area contributed by atoms with Crippen LogP contribution in [0.4, 0.5) is 0 Å². The lowest BCUT2D eigenvalue weighted by molar-refractivity contribution is 0.336. The van der Waals surface area contributed by atoms with Crippen molar-refractivity contribution in [3.8, 4) is 0 Å². The fourth-order valence-corrected chi connectivity index (χ4v) is 2.23. The highest BCUT2D eigenvalue weighted by atomic mass is 79.9. The monoisotopic (exact) mass is 202 g/mol. The minimum absolute atomic E-state index is 0.815. The van der Waals surface area contributed by atoms with Crippen LogP contribution in [0, 0.1) is 11.8 Å². The Bertz CT molecular complexity index is 101. The van der Waals surface area contributed by atoms with Crippen molar-refractivity contribution in [3.63, 3.8) is 0 Å². The molecule has 1 aliphatic carbocycles. The SMILES string of the molecule is C=CC1CCC(CBr)CC1. The third-order valence-electron chi connectivity index (χ3n) is 2.44. The van der Waals surface area contributed by atoms with E-state index in [1.54, 1.807) is 0 Å². The molecule has 0 nitrogen and oxygen atoms in total. The van der Waals surface area contributed by atoms with Crippen molar-refractivity contribution >= 4 is 15.9 Å². The van der Waals surface area contributed by atoms with Gasteiger partial charge in [-0.3, -0.25) is 0 Å². The standard InChI is InChI=1S/C9H15Br/c1-2-8-3-5-9(7-10)6-4-8/h2,8-9H,1,3-7H2. The molecule has 0 bridgehead atoms. The van der Waals surface area contributed by atoms with Crippen molar-refractivity contribution in [3.05, 3.63) is 12.7 Å². The molecule has 0 atom stereocenters. The normalized spacial score (nSPS) is 33.7. The maximum atomic E-state index is 3.82. The Kier molecular flexibility index (Phi) is 3.47. The first-order valence-electron chi connectivity index (χ1n) is 4.05. The number of alkyl halides is 1. The zero-order valence-corrected chi connectivity index (χ0v) is 7.94. The van der Waals surface area contributed by atoms with Crippen LogP contribution in [0.25, 0.3) is 0 Å². The Morgan fingerprint density at radius 1 is 1.30 bits per heavy atom. The highest BCUT2D eigenvalue weighted by Gasteiger charge is 2.17. The molecule has 0 aromatic rings. The number of hydrogen-bond acceptors (Lipinski definition) is 0. The van der Waals surface area contributed by atoms with E-state index in [9.17, 15) is 0 Å². The van der Waals surface area contributed by atoms with Gasteiger partial charge in [0.25, 0.3) is 0 Å². The Morgan fingerprint density at radius 3 is 2.30 bits per heavy atom. The van der Waals surface area contributed by atoms with E-state index < -0.39 is 0 Å². The van der Waals surface area contributed by atoms with Gasteiger partial charge in [-0.1, -0.05) is 22.0 Å². The van der Waals surface area contributed by atoms with E-state index >= 15 is 0 Å². The van der Waals surface area contributed by atoms with E-state index in [0.29, 0.717) is 0 Å². The summed E-state index contributed by atoms with van der Waals surface area (Å²) in [5.41, 5.74) is 0. The van der Waals surface area contributed by atoms with Crippen LogP contribution in [0.1, 0.15) is 25.7 Å². The summed E-state index contributed by atoms with van der Waals surface area (Å²) in [6.07, 6.45) is 7.62. The number of rotatable bonds is 2. The Balaban J connectivity index is 2.23. The molecule has 0 N–H and O–H groups in total. The zero-order chi connectivity index (χ0) is 7.40. The highest BCUT2D eigenvalue weighted by molar-refractivity contribution is 9.09. The molecule has 1 saturated carbocycles. The molecule has 0 radical (unpaired) electrons. The zero-order valence-electron chi connectivity index (χ0n) is 6.35. The molecular formula is C9H15Br. The molecule has 0 unspecified atom stereocenters. The van der Waals surface area contributed by atoms with E-state index in [-0.39, 0.29) is 0 Å². The summed E-state index contributed by atoms with van der Waals surface area (Å²) in [5, 5.41) is 1.19. The minimum atomic E-state index is 0.815. The first-order valence-corrected chi connectivity index (χ1v) is 5.17. The molecule has 1 aliphatic rings. The molecule has 1 heteroatoms. The number of allylic oxidation sites excluding steroid dienone is 1. The highest BCUT2D eigenvalue weighted by Crippen LogP contribution is 2.29. The molecule has 0 aliphatic heterocycles. The summed E-state index contributed by atoms with van der Waals surface area (Å²) in [6, 6.07) is 0. The fourth-order valence-electron chi connectivity index (χ4n) is 1.58. The third-order valence-corrected chi connectivity index (χ3v) is 3.36. The van der Waals surface area contributed by atoms with Gasteiger partial charge in [-0.2, -0.15) is 0 Å². The molecule has 0 spiro atoms. The van der Waals surface area contributed by atoms with E-state index in [2.05, 4.69) is 28.6 Å². The second-order valence-electron chi connectivity index (χ2n) is 3.17. The fraction of sp³-hybridized carbons (Fsp3) is 0.778. The van der Waals surface area contributed by atoms with Crippen LogP contribution < -0.4 is 0 Å². The van der Waals surface area contributed by atoms with E-state index in [1.165, 1.54) is 31.0 Å². The van der Waals surface area contributed by atoms with E-state index in [0.717, 1.165) is 11.8 Å². The van der Waals surface area contributed by atoms with Crippen LogP contribution in [-0.4, -0.2) is 5.33 Å². The predicted molar refractivity (Wildman–Crippen MR) is 49.4 cm³/mol. The Morgan fingerprint density at radius 2 is 1.90 bits per heavy atom. The van der Waals surface area contributed by atoms with Gasteiger partial charge in [0.2, 0.25) is 0 Å². The molecule has 1 rings (SSSR count). The van der Waals surface area contributed by atoms with Crippen LogP contribution in [0.3, 0.4) is 0 Å². The van der Waals surface area contributed by atoms with E-state index in [1.807, 2.05) is 0 Å². The van der Waals surface area contributed by atoms with Gasteiger partial charge in [-0.15, -0.1) is 6.58 Å². The summed E-state index contributed by atoms with van der Waals surface area (Å²) in [6.45, 7) is 3.82. The van der Waals surface area contributed by atoms with Crippen molar-refractivity contribution in [1.82, 2.24) is 0 Å². The van der Waals surface area contributed by atoms with Gasteiger partial charge < -0.3 is 0 Å². The van der Waals surface area contributed by atoms with Crippen LogP contribution in [0.15, 0.2) is 12.7 Å². The van der Waals surface area contributed by atoms with Gasteiger partial charge in [-0.05, 0) is 37.5 Å². The molecule has 0 aromatic carbocycles. The van der Waals surface area contributed by atoms with Crippen molar-refractivity contribution in [2.75, 3.05) is 5.33 Å². The summed E-state index contributed by atoms with van der Waals surface area (Å²) in [7, 11) is 0. The minimum Gasteiger partial charge on any atom is -0.103 e. The van der Waals surface area contributed by atoms with Gasteiger partial charge in [0.1, 0.15) is 0 Å². The lowest BCUT2D eigenvalue weighted by atomic mass is 9.83. The van der Waals surface area contributed by atoms with Gasteiger partial charge in [0.15, 0.2) is 0 Å². The van der Waals surface area contributed by atoms with Crippen molar-refractivity contribution in [2.45, 2.75) is 25.7 Å². The van der Waals surface area contributed by atoms with Crippen LogP contribution in [0.2, 0.25) is 0 Å². The second kappa shape index (κ2) is 4.17. The van der Waals surface area contributed by atoms with Gasteiger partial charge >= 0.3 is 0 Å². The van der Waals surface area contributed by atoms with Gasteiger partial charge in [0, 0.05) is 5.33 Å². The van der Waals surface area contributed by atoms with Crippen LogP contribution in [0.5, 0.6) is 0 Å². The third kappa shape index (κ3) is 2.12. The molecule has 0 amide bonds. The average molecular weight is 203 g/mol. The molecule has 58 valence electrons. The predicted octanol–water partition coefficient (Wildman–Crippen LogP) is 3.37. The van der Waals surface area contributed by atoms with Gasteiger partial charge in [0.05, 0.1) is 0 Å². The molecule has 0 aromatic heterocycles.